The average Bonchev–Trinajstić information content (AvgIpc) is 2.93. The van der Waals surface area contributed by atoms with Gasteiger partial charge in [0.15, 0.2) is 0 Å². The van der Waals surface area contributed by atoms with Crippen molar-refractivity contribution >= 4 is 11.4 Å². The molecule has 3 aromatic rings. The SMILES string of the molecule is O=C(Cc1ccc(-c2ccc3nccn3c2)cc1)C1CCC1. The first-order valence-electron chi connectivity index (χ1n) is 7.84. The maximum Gasteiger partial charge on any atom is 0.140 e. The number of benzene rings is 1. The Morgan fingerprint density at radius 1 is 1.09 bits per heavy atom. The van der Waals surface area contributed by atoms with Gasteiger partial charge in [-0.05, 0) is 41.7 Å². The highest BCUT2D eigenvalue weighted by Crippen LogP contribution is 2.28. The van der Waals surface area contributed by atoms with Crippen molar-refractivity contribution < 1.29 is 4.79 Å². The van der Waals surface area contributed by atoms with Crippen LogP contribution < -0.4 is 0 Å². The number of hydrogen-bond acceptors (Lipinski definition) is 2. The molecule has 4 rings (SSSR count). The van der Waals surface area contributed by atoms with E-state index in [2.05, 4.69) is 41.5 Å². The number of pyridine rings is 1. The van der Waals surface area contributed by atoms with E-state index in [0.29, 0.717) is 18.1 Å². The Bertz CT molecular complexity index is 813. The number of rotatable bonds is 4. The lowest BCUT2D eigenvalue weighted by Gasteiger charge is -2.23. The first kappa shape index (κ1) is 13.3. The maximum atomic E-state index is 12.1. The fourth-order valence-corrected chi connectivity index (χ4v) is 2.98. The molecule has 110 valence electrons. The molecule has 2 aromatic heterocycles. The average molecular weight is 290 g/mol. The van der Waals surface area contributed by atoms with Crippen LogP contribution in [0.3, 0.4) is 0 Å². The van der Waals surface area contributed by atoms with Crippen LogP contribution in [0.2, 0.25) is 0 Å². The van der Waals surface area contributed by atoms with Crippen molar-refractivity contribution in [1.82, 2.24) is 9.38 Å². The van der Waals surface area contributed by atoms with Gasteiger partial charge in [-0.1, -0.05) is 30.7 Å². The van der Waals surface area contributed by atoms with Gasteiger partial charge in [-0.25, -0.2) is 4.98 Å². The molecule has 22 heavy (non-hydrogen) atoms. The molecule has 1 aromatic carbocycles. The first-order valence-corrected chi connectivity index (χ1v) is 7.84. The van der Waals surface area contributed by atoms with E-state index >= 15 is 0 Å². The minimum atomic E-state index is 0.323. The largest absolute Gasteiger partial charge is 0.306 e. The third kappa shape index (κ3) is 2.43. The molecule has 3 heteroatoms. The number of carbonyl (C=O) groups excluding carboxylic acids is 1. The fourth-order valence-electron chi connectivity index (χ4n) is 2.98. The van der Waals surface area contributed by atoms with Crippen LogP contribution in [0, 0.1) is 5.92 Å². The number of nitrogens with zero attached hydrogens (tertiary/aromatic N) is 2. The van der Waals surface area contributed by atoms with Gasteiger partial charge in [0.25, 0.3) is 0 Å². The van der Waals surface area contributed by atoms with Crippen molar-refractivity contribution in [3.8, 4) is 11.1 Å². The number of aromatic nitrogens is 2. The minimum Gasteiger partial charge on any atom is -0.306 e. The number of imidazole rings is 1. The van der Waals surface area contributed by atoms with Gasteiger partial charge in [-0.3, -0.25) is 4.79 Å². The quantitative estimate of drug-likeness (QED) is 0.730. The van der Waals surface area contributed by atoms with Crippen LogP contribution in [0.15, 0.2) is 55.0 Å². The zero-order valence-corrected chi connectivity index (χ0v) is 12.4. The molecule has 0 atom stereocenters. The van der Waals surface area contributed by atoms with Crippen molar-refractivity contribution in [3.05, 3.63) is 60.6 Å². The van der Waals surface area contributed by atoms with Crippen LogP contribution in [0.4, 0.5) is 0 Å². The van der Waals surface area contributed by atoms with Gasteiger partial charge in [-0.2, -0.15) is 0 Å². The standard InChI is InChI=1S/C19H18N2O/c22-18(16-2-1-3-16)12-14-4-6-15(7-5-14)17-8-9-19-20-10-11-21(19)13-17/h4-11,13,16H,1-3,12H2. The lowest BCUT2D eigenvalue weighted by atomic mass is 9.80. The summed E-state index contributed by atoms with van der Waals surface area (Å²) >= 11 is 0. The Morgan fingerprint density at radius 3 is 2.59 bits per heavy atom. The molecule has 0 N–H and O–H groups in total. The van der Waals surface area contributed by atoms with E-state index in [0.717, 1.165) is 35.2 Å². The summed E-state index contributed by atoms with van der Waals surface area (Å²) in [5.41, 5.74) is 4.38. The number of ketones is 1. The summed E-state index contributed by atoms with van der Waals surface area (Å²) in [7, 11) is 0. The van der Waals surface area contributed by atoms with E-state index in [-0.39, 0.29) is 0 Å². The minimum absolute atomic E-state index is 0.323. The summed E-state index contributed by atoms with van der Waals surface area (Å²) in [6.07, 6.45) is 9.79. The van der Waals surface area contributed by atoms with Crippen molar-refractivity contribution in [1.29, 1.82) is 0 Å². The van der Waals surface area contributed by atoms with E-state index < -0.39 is 0 Å². The highest BCUT2D eigenvalue weighted by atomic mass is 16.1. The molecule has 1 saturated carbocycles. The van der Waals surface area contributed by atoms with Crippen LogP contribution in [0.25, 0.3) is 16.8 Å². The lowest BCUT2D eigenvalue weighted by Crippen LogP contribution is -2.23. The summed E-state index contributed by atoms with van der Waals surface area (Å²) in [6.45, 7) is 0. The molecule has 3 nitrogen and oxygen atoms in total. The normalized spacial score (nSPS) is 14.9. The number of Topliss-reactive ketones (excluding diaryl/α,β-unsaturated/α-hetero) is 1. The summed E-state index contributed by atoms with van der Waals surface area (Å²) in [6, 6.07) is 12.4. The second kappa shape index (κ2) is 5.41. The molecule has 0 spiro atoms. The molecule has 0 saturated heterocycles. The van der Waals surface area contributed by atoms with Gasteiger partial charge in [0.1, 0.15) is 11.4 Å². The van der Waals surface area contributed by atoms with E-state index in [1.54, 1.807) is 6.20 Å². The van der Waals surface area contributed by atoms with Crippen LogP contribution in [-0.4, -0.2) is 15.2 Å². The number of hydrogen-bond donors (Lipinski definition) is 0. The highest BCUT2D eigenvalue weighted by molar-refractivity contribution is 5.84. The van der Waals surface area contributed by atoms with Crippen molar-refractivity contribution in [2.45, 2.75) is 25.7 Å². The van der Waals surface area contributed by atoms with Crippen LogP contribution in [-0.2, 0) is 11.2 Å². The summed E-state index contributed by atoms with van der Waals surface area (Å²) in [5, 5.41) is 0. The van der Waals surface area contributed by atoms with Gasteiger partial charge in [-0.15, -0.1) is 0 Å². The summed E-state index contributed by atoms with van der Waals surface area (Å²) < 4.78 is 2.02. The molecule has 0 unspecified atom stereocenters. The molecular formula is C19H18N2O. The Balaban J connectivity index is 1.54. The third-order valence-electron chi connectivity index (χ3n) is 4.61. The number of fused-ring (bicyclic) bond motifs is 1. The van der Waals surface area contributed by atoms with Crippen molar-refractivity contribution in [2.75, 3.05) is 0 Å². The highest BCUT2D eigenvalue weighted by Gasteiger charge is 2.24. The lowest BCUT2D eigenvalue weighted by molar-refractivity contribution is -0.124. The van der Waals surface area contributed by atoms with Crippen molar-refractivity contribution in [2.24, 2.45) is 5.92 Å². The topological polar surface area (TPSA) is 34.4 Å². The van der Waals surface area contributed by atoms with Gasteiger partial charge in [0.05, 0.1) is 0 Å². The van der Waals surface area contributed by atoms with Crippen LogP contribution >= 0.6 is 0 Å². The van der Waals surface area contributed by atoms with E-state index in [1.807, 2.05) is 16.7 Å². The Labute approximate surface area is 129 Å². The molecular weight excluding hydrogens is 272 g/mol. The van der Waals surface area contributed by atoms with Crippen LogP contribution in [0.5, 0.6) is 0 Å². The monoisotopic (exact) mass is 290 g/mol. The molecule has 0 radical (unpaired) electrons. The molecule has 0 bridgehead atoms. The molecule has 2 heterocycles. The molecule has 1 fully saturated rings. The van der Waals surface area contributed by atoms with Gasteiger partial charge < -0.3 is 4.40 Å². The predicted molar refractivity (Wildman–Crippen MR) is 86.7 cm³/mol. The van der Waals surface area contributed by atoms with Gasteiger partial charge in [0.2, 0.25) is 0 Å². The molecule has 0 aliphatic heterocycles. The van der Waals surface area contributed by atoms with E-state index in [4.69, 9.17) is 0 Å². The molecule has 1 aliphatic rings. The molecule has 0 amide bonds. The summed E-state index contributed by atoms with van der Waals surface area (Å²) in [4.78, 5) is 16.3. The maximum absolute atomic E-state index is 12.1. The second-order valence-electron chi connectivity index (χ2n) is 6.08. The Kier molecular flexibility index (Phi) is 3.26. The zero-order valence-electron chi connectivity index (χ0n) is 12.4. The third-order valence-corrected chi connectivity index (χ3v) is 4.61. The van der Waals surface area contributed by atoms with Crippen LogP contribution in [0.1, 0.15) is 24.8 Å². The van der Waals surface area contributed by atoms with E-state index in [1.165, 1.54) is 6.42 Å². The fraction of sp³-hybridized carbons (Fsp3) is 0.263. The molecule has 1 aliphatic carbocycles. The first-order chi connectivity index (χ1) is 10.8. The zero-order chi connectivity index (χ0) is 14.9. The summed E-state index contributed by atoms with van der Waals surface area (Å²) in [5.74, 6) is 0.724. The van der Waals surface area contributed by atoms with Gasteiger partial charge in [0, 0.05) is 30.9 Å². The second-order valence-corrected chi connectivity index (χ2v) is 6.08. The smallest absolute Gasteiger partial charge is 0.140 e. The van der Waals surface area contributed by atoms with E-state index in [9.17, 15) is 4.79 Å². The predicted octanol–water partition coefficient (Wildman–Crippen LogP) is 3.91. The Hall–Kier alpha value is -2.42. The van der Waals surface area contributed by atoms with Gasteiger partial charge >= 0.3 is 0 Å². The number of carbonyl (C=O) groups is 1. The van der Waals surface area contributed by atoms with Crippen molar-refractivity contribution in [3.63, 3.8) is 0 Å². The Morgan fingerprint density at radius 2 is 1.86 bits per heavy atom.